The van der Waals surface area contributed by atoms with Gasteiger partial charge < -0.3 is 5.32 Å². The Morgan fingerprint density at radius 3 is 2.40 bits per heavy atom. The summed E-state index contributed by atoms with van der Waals surface area (Å²) in [6, 6.07) is 0. The molecular weight excluding hydrogens is 234 g/mol. The van der Waals surface area contributed by atoms with Crippen LogP contribution in [0.2, 0.25) is 0 Å². The largest absolute Gasteiger partial charge is 0.312 e. The summed E-state index contributed by atoms with van der Waals surface area (Å²) in [6.07, 6.45) is 1.55. The minimum atomic E-state index is -2.82. The van der Waals surface area contributed by atoms with Crippen LogP contribution in [0.1, 0.15) is 33.6 Å². The molecule has 0 aromatic carbocycles. The average molecular weight is 256 g/mol. The molecule has 0 aliphatic carbocycles. The molecule has 0 rings (SSSR count). The second-order valence-corrected chi connectivity index (χ2v) is 7.19. The summed E-state index contributed by atoms with van der Waals surface area (Å²) in [6.45, 7) is 6.55. The third-order valence-corrected chi connectivity index (χ3v) is 4.37. The van der Waals surface area contributed by atoms with E-state index in [4.69, 9.17) is 11.6 Å². The number of alkyl halides is 1. The topological polar surface area (TPSA) is 46.2 Å². The predicted octanol–water partition coefficient (Wildman–Crippen LogP) is 1.81. The van der Waals surface area contributed by atoms with Gasteiger partial charge in [-0.3, -0.25) is 0 Å². The fourth-order valence-electron chi connectivity index (χ4n) is 1.19. The smallest absolute Gasteiger partial charge is 0.150 e. The summed E-state index contributed by atoms with van der Waals surface area (Å²) < 4.78 is 22.4. The van der Waals surface area contributed by atoms with Crippen molar-refractivity contribution in [1.82, 2.24) is 5.32 Å². The molecule has 0 amide bonds. The fraction of sp³-hybridized carbons (Fsp3) is 1.00. The highest BCUT2D eigenvalue weighted by atomic mass is 35.5. The van der Waals surface area contributed by atoms with E-state index in [1.165, 1.54) is 0 Å². The van der Waals surface area contributed by atoms with Crippen LogP contribution in [0.15, 0.2) is 0 Å². The first-order chi connectivity index (χ1) is 6.83. The summed E-state index contributed by atoms with van der Waals surface area (Å²) in [5.74, 6) is 1.12. The minimum absolute atomic E-state index is 0.00226. The lowest BCUT2D eigenvalue weighted by Crippen LogP contribution is -2.40. The lowest BCUT2D eigenvalue weighted by Gasteiger charge is -2.25. The van der Waals surface area contributed by atoms with Crippen molar-refractivity contribution >= 4 is 21.4 Å². The Bertz CT molecular complexity index is 263. The lowest BCUT2D eigenvalue weighted by molar-refractivity contribution is 0.379. The van der Waals surface area contributed by atoms with Crippen LogP contribution in [-0.2, 0) is 9.84 Å². The molecule has 0 aromatic rings. The van der Waals surface area contributed by atoms with Crippen LogP contribution in [0, 0.1) is 0 Å². The maximum atomic E-state index is 11.2. The first kappa shape index (κ1) is 15.2. The SMILES string of the molecule is CCS(=O)(=O)CCCNC(C)(C)CCCl. The van der Waals surface area contributed by atoms with E-state index in [0.717, 1.165) is 13.0 Å². The highest BCUT2D eigenvalue weighted by molar-refractivity contribution is 7.91. The van der Waals surface area contributed by atoms with E-state index in [9.17, 15) is 8.42 Å². The van der Waals surface area contributed by atoms with Crippen molar-refractivity contribution in [2.24, 2.45) is 0 Å². The van der Waals surface area contributed by atoms with Crippen molar-refractivity contribution in [2.75, 3.05) is 23.9 Å². The van der Waals surface area contributed by atoms with E-state index in [-0.39, 0.29) is 17.0 Å². The van der Waals surface area contributed by atoms with Crippen LogP contribution in [0.25, 0.3) is 0 Å². The van der Waals surface area contributed by atoms with E-state index >= 15 is 0 Å². The third kappa shape index (κ3) is 8.05. The minimum Gasteiger partial charge on any atom is -0.312 e. The van der Waals surface area contributed by atoms with Gasteiger partial charge in [0.2, 0.25) is 0 Å². The summed E-state index contributed by atoms with van der Waals surface area (Å²) in [7, 11) is -2.82. The van der Waals surface area contributed by atoms with Gasteiger partial charge in [0.15, 0.2) is 0 Å². The van der Waals surface area contributed by atoms with Crippen LogP contribution in [0.4, 0.5) is 0 Å². The van der Waals surface area contributed by atoms with Gasteiger partial charge in [0, 0.05) is 17.2 Å². The van der Waals surface area contributed by atoms with Gasteiger partial charge in [0.1, 0.15) is 9.84 Å². The van der Waals surface area contributed by atoms with E-state index in [1.807, 2.05) is 0 Å². The highest BCUT2D eigenvalue weighted by Crippen LogP contribution is 2.08. The lowest BCUT2D eigenvalue weighted by atomic mass is 10.0. The van der Waals surface area contributed by atoms with Crippen LogP contribution in [-0.4, -0.2) is 37.9 Å². The zero-order valence-corrected chi connectivity index (χ0v) is 11.4. The van der Waals surface area contributed by atoms with Gasteiger partial charge in [-0.15, -0.1) is 11.6 Å². The standard InChI is InChI=1S/C10H22ClNO2S/c1-4-15(13,14)9-5-8-12-10(2,3)6-7-11/h12H,4-9H2,1-3H3. The number of halogens is 1. The Labute approximate surface area is 98.5 Å². The van der Waals surface area contributed by atoms with Gasteiger partial charge in [-0.05, 0) is 33.2 Å². The second kappa shape index (κ2) is 6.71. The molecule has 0 aliphatic heterocycles. The van der Waals surface area contributed by atoms with Gasteiger partial charge >= 0.3 is 0 Å². The highest BCUT2D eigenvalue weighted by Gasteiger charge is 2.15. The van der Waals surface area contributed by atoms with E-state index in [2.05, 4.69) is 19.2 Å². The molecule has 0 unspecified atom stereocenters. The Balaban J connectivity index is 3.72. The van der Waals surface area contributed by atoms with Gasteiger partial charge in [0.05, 0.1) is 5.75 Å². The van der Waals surface area contributed by atoms with E-state index < -0.39 is 9.84 Å². The Morgan fingerprint density at radius 1 is 1.33 bits per heavy atom. The number of sulfone groups is 1. The number of rotatable bonds is 8. The molecule has 0 atom stereocenters. The average Bonchev–Trinajstić information content (AvgIpc) is 2.13. The zero-order valence-electron chi connectivity index (χ0n) is 9.85. The molecule has 3 nitrogen and oxygen atoms in total. The number of hydrogen-bond acceptors (Lipinski definition) is 3. The Kier molecular flexibility index (Phi) is 6.80. The maximum Gasteiger partial charge on any atom is 0.150 e. The van der Waals surface area contributed by atoms with E-state index in [0.29, 0.717) is 12.3 Å². The first-order valence-corrected chi connectivity index (χ1v) is 7.70. The Morgan fingerprint density at radius 2 is 1.93 bits per heavy atom. The van der Waals surface area contributed by atoms with Gasteiger partial charge in [-0.1, -0.05) is 6.92 Å². The number of nitrogens with one attached hydrogen (secondary N) is 1. The second-order valence-electron chi connectivity index (χ2n) is 4.34. The van der Waals surface area contributed by atoms with Crippen molar-refractivity contribution < 1.29 is 8.42 Å². The van der Waals surface area contributed by atoms with Crippen molar-refractivity contribution in [3.05, 3.63) is 0 Å². The van der Waals surface area contributed by atoms with E-state index in [1.54, 1.807) is 6.92 Å². The summed E-state index contributed by atoms with van der Waals surface area (Å²) >= 11 is 5.66. The molecule has 92 valence electrons. The number of hydrogen-bond donors (Lipinski definition) is 1. The molecular formula is C10H22ClNO2S. The van der Waals surface area contributed by atoms with Gasteiger partial charge in [-0.25, -0.2) is 8.42 Å². The third-order valence-electron chi connectivity index (χ3n) is 2.39. The molecule has 0 radical (unpaired) electrons. The molecule has 0 spiro atoms. The molecule has 0 saturated carbocycles. The molecule has 0 fully saturated rings. The normalized spacial score (nSPS) is 13.1. The van der Waals surface area contributed by atoms with Crippen LogP contribution in [0.5, 0.6) is 0 Å². The maximum absolute atomic E-state index is 11.2. The van der Waals surface area contributed by atoms with Gasteiger partial charge in [0.25, 0.3) is 0 Å². The van der Waals surface area contributed by atoms with Crippen LogP contribution < -0.4 is 5.32 Å². The Hall–Kier alpha value is 0.200. The van der Waals surface area contributed by atoms with Crippen LogP contribution >= 0.6 is 11.6 Å². The van der Waals surface area contributed by atoms with Crippen molar-refractivity contribution in [2.45, 2.75) is 39.2 Å². The zero-order chi connectivity index (χ0) is 11.9. The summed E-state index contributed by atoms with van der Waals surface area (Å²) in [4.78, 5) is 0. The summed E-state index contributed by atoms with van der Waals surface area (Å²) in [5.41, 5.74) is -0.00226. The molecule has 5 heteroatoms. The van der Waals surface area contributed by atoms with Crippen molar-refractivity contribution in [1.29, 1.82) is 0 Å². The molecule has 1 N–H and O–H groups in total. The quantitative estimate of drug-likeness (QED) is 0.532. The molecule has 15 heavy (non-hydrogen) atoms. The van der Waals surface area contributed by atoms with Crippen LogP contribution in [0.3, 0.4) is 0 Å². The molecule has 0 aliphatic rings. The predicted molar refractivity (Wildman–Crippen MR) is 66.4 cm³/mol. The molecule has 0 saturated heterocycles. The van der Waals surface area contributed by atoms with Crippen molar-refractivity contribution in [3.63, 3.8) is 0 Å². The molecule has 0 aromatic heterocycles. The first-order valence-electron chi connectivity index (χ1n) is 5.34. The monoisotopic (exact) mass is 255 g/mol. The molecule has 0 bridgehead atoms. The fourth-order valence-corrected chi connectivity index (χ4v) is 2.53. The molecule has 0 heterocycles. The van der Waals surface area contributed by atoms with Crippen molar-refractivity contribution in [3.8, 4) is 0 Å². The van der Waals surface area contributed by atoms with Gasteiger partial charge in [-0.2, -0.15) is 0 Å². The summed E-state index contributed by atoms with van der Waals surface area (Å²) in [5, 5.41) is 3.31.